The summed E-state index contributed by atoms with van der Waals surface area (Å²) in [6, 6.07) is 8.29. The number of carbonyl (C=O) groups is 1. The molecule has 1 amide bonds. The SMILES string of the molecule is NC(=O)C(CCn1ncc2ccccc21)NC1CC1. The fourth-order valence-corrected chi connectivity index (χ4v) is 2.30. The lowest BCUT2D eigenvalue weighted by Gasteiger charge is -2.15. The molecule has 1 aliphatic carbocycles. The van der Waals surface area contributed by atoms with E-state index in [-0.39, 0.29) is 11.9 Å². The van der Waals surface area contributed by atoms with Crippen molar-refractivity contribution in [2.24, 2.45) is 5.73 Å². The van der Waals surface area contributed by atoms with Gasteiger partial charge in [-0.25, -0.2) is 0 Å². The highest BCUT2D eigenvalue weighted by atomic mass is 16.1. The Morgan fingerprint density at radius 1 is 1.47 bits per heavy atom. The molecule has 1 saturated carbocycles. The standard InChI is InChI=1S/C14H18N4O/c15-14(19)12(17-11-5-6-11)7-8-18-13-4-2-1-3-10(13)9-16-18/h1-4,9,11-12,17H,5-8H2,(H2,15,19). The van der Waals surface area contributed by atoms with Crippen molar-refractivity contribution >= 4 is 16.8 Å². The molecule has 1 atom stereocenters. The lowest BCUT2D eigenvalue weighted by atomic mass is 10.2. The van der Waals surface area contributed by atoms with Crippen molar-refractivity contribution in [3.05, 3.63) is 30.5 Å². The smallest absolute Gasteiger partial charge is 0.234 e. The first-order valence-corrected chi connectivity index (χ1v) is 6.70. The number of nitrogens with two attached hydrogens (primary N) is 1. The number of nitrogens with one attached hydrogen (secondary N) is 1. The highest BCUT2D eigenvalue weighted by Gasteiger charge is 2.27. The molecule has 0 radical (unpaired) electrons. The van der Waals surface area contributed by atoms with E-state index in [9.17, 15) is 4.79 Å². The molecule has 2 aromatic rings. The fourth-order valence-electron chi connectivity index (χ4n) is 2.30. The number of aryl methyl sites for hydroxylation is 1. The Labute approximate surface area is 111 Å². The van der Waals surface area contributed by atoms with Gasteiger partial charge in [-0.3, -0.25) is 9.48 Å². The summed E-state index contributed by atoms with van der Waals surface area (Å²) in [5, 5.41) is 8.76. The molecule has 1 aromatic heterocycles. The van der Waals surface area contributed by atoms with Gasteiger partial charge in [0.05, 0.1) is 17.8 Å². The van der Waals surface area contributed by atoms with Gasteiger partial charge in [-0.05, 0) is 25.3 Å². The van der Waals surface area contributed by atoms with E-state index in [0.717, 1.165) is 23.7 Å². The first kappa shape index (κ1) is 12.2. The minimum absolute atomic E-state index is 0.254. The van der Waals surface area contributed by atoms with Crippen LogP contribution in [0.3, 0.4) is 0 Å². The van der Waals surface area contributed by atoms with Gasteiger partial charge < -0.3 is 11.1 Å². The monoisotopic (exact) mass is 258 g/mol. The molecular weight excluding hydrogens is 240 g/mol. The molecule has 1 fully saturated rings. The number of benzene rings is 1. The topological polar surface area (TPSA) is 72.9 Å². The molecule has 0 aliphatic heterocycles. The van der Waals surface area contributed by atoms with Gasteiger partial charge in [0, 0.05) is 18.0 Å². The number of fused-ring (bicyclic) bond motifs is 1. The average Bonchev–Trinajstić information content (AvgIpc) is 3.13. The van der Waals surface area contributed by atoms with Crippen LogP contribution in [0.5, 0.6) is 0 Å². The third kappa shape index (κ3) is 2.76. The molecule has 0 bridgehead atoms. The van der Waals surface area contributed by atoms with E-state index in [1.807, 2.05) is 35.1 Å². The van der Waals surface area contributed by atoms with Crippen molar-refractivity contribution in [1.82, 2.24) is 15.1 Å². The molecule has 1 unspecified atom stereocenters. The van der Waals surface area contributed by atoms with Crippen molar-refractivity contribution in [3.63, 3.8) is 0 Å². The van der Waals surface area contributed by atoms with Crippen LogP contribution in [-0.2, 0) is 11.3 Å². The maximum absolute atomic E-state index is 11.4. The summed E-state index contributed by atoms with van der Waals surface area (Å²) in [4.78, 5) is 11.4. The van der Waals surface area contributed by atoms with Crippen LogP contribution < -0.4 is 11.1 Å². The Balaban J connectivity index is 1.68. The molecule has 0 saturated heterocycles. The van der Waals surface area contributed by atoms with Crippen molar-refractivity contribution in [1.29, 1.82) is 0 Å². The summed E-state index contributed by atoms with van der Waals surface area (Å²) in [5.74, 6) is -0.275. The van der Waals surface area contributed by atoms with Crippen molar-refractivity contribution in [2.75, 3.05) is 0 Å². The lowest BCUT2D eigenvalue weighted by molar-refractivity contribution is -0.120. The van der Waals surface area contributed by atoms with E-state index in [1.54, 1.807) is 0 Å². The number of para-hydroxylation sites is 1. The minimum Gasteiger partial charge on any atom is -0.368 e. The van der Waals surface area contributed by atoms with E-state index >= 15 is 0 Å². The number of amides is 1. The summed E-state index contributed by atoms with van der Waals surface area (Å²) in [6.45, 7) is 0.695. The van der Waals surface area contributed by atoms with E-state index in [2.05, 4.69) is 10.4 Å². The molecule has 1 aromatic carbocycles. The van der Waals surface area contributed by atoms with Gasteiger partial charge in [-0.15, -0.1) is 0 Å². The molecule has 1 aliphatic rings. The zero-order valence-electron chi connectivity index (χ0n) is 10.7. The van der Waals surface area contributed by atoms with E-state index in [4.69, 9.17) is 5.73 Å². The van der Waals surface area contributed by atoms with E-state index in [1.165, 1.54) is 0 Å². The van der Waals surface area contributed by atoms with Gasteiger partial charge in [0.1, 0.15) is 0 Å². The minimum atomic E-state index is -0.275. The van der Waals surface area contributed by atoms with Crippen LogP contribution in [0.25, 0.3) is 10.9 Å². The van der Waals surface area contributed by atoms with Gasteiger partial charge in [0.25, 0.3) is 0 Å². The number of nitrogens with zero attached hydrogens (tertiary/aromatic N) is 2. The first-order chi connectivity index (χ1) is 9.24. The summed E-state index contributed by atoms with van der Waals surface area (Å²) >= 11 is 0. The maximum atomic E-state index is 11.4. The highest BCUT2D eigenvalue weighted by molar-refractivity contribution is 5.80. The molecule has 5 heteroatoms. The highest BCUT2D eigenvalue weighted by Crippen LogP contribution is 2.20. The van der Waals surface area contributed by atoms with Gasteiger partial charge in [-0.2, -0.15) is 5.10 Å². The van der Waals surface area contributed by atoms with Crippen molar-refractivity contribution in [3.8, 4) is 0 Å². The van der Waals surface area contributed by atoms with Crippen LogP contribution in [0.1, 0.15) is 19.3 Å². The second kappa shape index (κ2) is 5.01. The first-order valence-electron chi connectivity index (χ1n) is 6.70. The number of aromatic nitrogens is 2. The largest absolute Gasteiger partial charge is 0.368 e. The van der Waals surface area contributed by atoms with Gasteiger partial charge in [-0.1, -0.05) is 18.2 Å². The maximum Gasteiger partial charge on any atom is 0.234 e. The Morgan fingerprint density at radius 2 is 2.26 bits per heavy atom. The van der Waals surface area contributed by atoms with Gasteiger partial charge >= 0.3 is 0 Å². The third-order valence-electron chi connectivity index (χ3n) is 3.54. The van der Waals surface area contributed by atoms with Crippen LogP contribution >= 0.6 is 0 Å². The van der Waals surface area contributed by atoms with Gasteiger partial charge in [0.2, 0.25) is 5.91 Å². The Morgan fingerprint density at radius 3 is 3.00 bits per heavy atom. The van der Waals surface area contributed by atoms with Crippen LogP contribution in [0.15, 0.2) is 30.5 Å². The molecule has 0 spiro atoms. The zero-order valence-corrected chi connectivity index (χ0v) is 10.7. The van der Waals surface area contributed by atoms with Crippen LogP contribution in [0.4, 0.5) is 0 Å². The van der Waals surface area contributed by atoms with Crippen LogP contribution in [0.2, 0.25) is 0 Å². The molecular formula is C14H18N4O. The Bertz CT molecular complexity index is 588. The molecule has 1 heterocycles. The molecule has 5 nitrogen and oxygen atoms in total. The predicted octanol–water partition coefficient (Wildman–Crippen LogP) is 1.03. The van der Waals surface area contributed by atoms with Crippen LogP contribution in [0, 0.1) is 0 Å². The van der Waals surface area contributed by atoms with Gasteiger partial charge in [0.15, 0.2) is 0 Å². The average molecular weight is 258 g/mol. The predicted molar refractivity (Wildman–Crippen MR) is 73.5 cm³/mol. The van der Waals surface area contributed by atoms with E-state index < -0.39 is 0 Å². The van der Waals surface area contributed by atoms with Crippen LogP contribution in [-0.4, -0.2) is 27.8 Å². The van der Waals surface area contributed by atoms with Crippen molar-refractivity contribution < 1.29 is 4.79 Å². The summed E-state index contributed by atoms with van der Waals surface area (Å²) in [7, 11) is 0. The number of hydrogen-bond donors (Lipinski definition) is 2. The quantitative estimate of drug-likeness (QED) is 0.813. The number of rotatable bonds is 6. The number of carbonyl (C=O) groups excluding carboxylic acids is 1. The second-order valence-electron chi connectivity index (χ2n) is 5.11. The lowest BCUT2D eigenvalue weighted by Crippen LogP contribution is -2.43. The number of hydrogen-bond acceptors (Lipinski definition) is 3. The summed E-state index contributed by atoms with van der Waals surface area (Å²) < 4.78 is 1.93. The number of primary amides is 1. The molecule has 19 heavy (non-hydrogen) atoms. The fraction of sp³-hybridized carbons (Fsp3) is 0.429. The summed E-state index contributed by atoms with van der Waals surface area (Å²) in [5.41, 5.74) is 6.53. The normalized spacial score (nSPS) is 16.6. The van der Waals surface area contributed by atoms with E-state index in [0.29, 0.717) is 19.0 Å². The Hall–Kier alpha value is -1.88. The third-order valence-corrected chi connectivity index (χ3v) is 3.54. The zero-order chi connectivity index (χ0) is 13.2. The second-order valence-corrected chi connectivity index (χ2v) is 5.11. The van der Waals surface area contributed by atoms with Crippen molar-refractivity contribution in [2.45, 2.75) is 37.9 Å². The summed E-state index contributed by atoms with van der Waals surface area (Å²) in [6.07, 6.45) is 4.82. The molecule has 100 valence electrons. The Kier molecular flexibility index (Phi) is 3.21. The molecule has 3 N–H and O–H groups in total. The molecule has 3 rings (SSSR count).